The van der Waals surface area contributed by atoms with E-state index in [1.807, 2.05) is 0 Å². The van der Waals surface area contributed by atoms with Crippen molar-refractivity contribution >= 4 is 5.91 Å². The lowest BCUT2D eigenvalue weighted by Crippen LogP contribution is -2.49. The summed E-state index contributed by atoms with van der Waals surface area (Å²) >= 11 is 0. The maximum absolute atomic E-state index is 11.6. The van der Waals surface area contributed by atoms with E-state index in [4.69, 9.17) is 5.73 Å². The Kier molecular flexibility index (Phi) is 6.35. The molecule has 0 rings (SSSR count). The number of halogens is 2. The van der Waals surface area contributed by atoms with Gasteiger partial charge in [-0.2, -0.15) is 0 Å². The lowest BCUT2D eigenvalue weighted by atomic mass is 10.1. The minimum Gasteiger partial charge on any atom is -0.375 e. The van der Waals surface area contributed by atoms with Crippen LogP contribution in [0.5, 0.6) is 0 Å². The number of hydrogen-bond donors (Lipinski definition) is 2. The number of hydrogen-bond acceptors (Lipinski definition) is 3. The molecule has 0 atom stereocenters. The fourth-order valence-corrected chi connectivity index (χ4v) is 0.828. The van der Waals surface area contributed by atoms with Crippen LogP contribution in [-0.2, 0) is 9.53 Å². The van der Waals surface area contributed by atoms with Gasteiger partial charge in [0.25, 0.3) is 6.43 Å². The van der Waals surface area contributed by atoms with E-state index in [1.54, 1.807) is 13.8 Å². The van der Waals surface area contributed by atoms with Crippen molar-refractivity contribution in [1.82, 2.24) is 5.32 Å². The molecule has 0 bridgehead atoms. The first kappa shape index (κ1) is 14.2. The van der Waals surface area contributed by atoms with Crippen molar-refractivity contribution < 1.29 is 18.3 Å². The van der Waals surface area contributed by atoms with Crippen molar-refractivity contribution in [1.29, 1.82) is 0 Å². The first-order valence-electron chi connectivity index (χ1n) is 4.74. The second kappa shape index (κ2) is 6.68. The number of carbonyl (C=O) groups excluding carboxylic acids is 1. The Balaban J connectivity index is 3.58. The van der Waals surface area contributed by atoms with E-state index in [9.17, 15) is 13.6 Å². The molecule has 0 heterocycles. The van der Waals surface area contributed by atoms with E-state index in [0.29, 0.717) is 6.54 Å². The summed E-state index contributed by atoms with van der Waals surface area (Å²) in [5.74, 6) is -0.250. The standard InChI is InChI=1S/C9H18F2N2O2/c1-9(2,6-12)13-8(14)3-4-15-5-7(10)11/h7H,3-6,12H2,1-2H3,(H,13,14). The van der Waals surface area contributed by atoms with Gasteiger partial charge in [0.2, 0.25) is 5.91 Å². The van der Waals surface area contributed by atoms with E-state index >= 15 is 0 Å². The zero-order valence-corrected chi connectivity index (χ0v) is 9.06. The van der Waals surface area contributed by atoms with Crippen LogP contribution in [0.15, 0.2) is 0 Å². The quantitative estimate of drug-likeness (QED) is 0.619. The minimum atomic E-state index is -2.49. The Morgan fingerprint density at radius 2 is 2.13 bits per heavy atom. The molecule has 6 heteroatoms. The minimum absolute atomic E-state index is 0.00315. The first-order valence-corrected chi connectivity index (χ1v) is 4.74. The highest BCUT2D eigenvalue weighted by atomic mass is 19.3. The molecule has 0 aliphatic heterocycles. The third-order valence-electron chi connectivity index (χ3n) is 1.71. The average molecular weight is 224 g/mol. The fraction of sp³-hybridized carbons (Fsp3) is 0.889. The Bertz CT molecular complexity index is 199. The van der Waals surface area contributed by atoms with Crippen LogP contribution in [0.2, 0.25) is 0 Å². The summed E-state index contributed by atoms with van der Waals surface area (Å²) in [5.41, 5.74) is 4.93. The summed E-state index contributed by atoms with van der Waals surface area (Å²) in [6, 6.07) is 0. The molecule has 0 fully saturated rings. The molecule has 0 aliphatic carbocycles. The van der Waals surface area contributed by atoms with Gasteiger partial charge < -0.3 is 15.8 Å². The van der Waals surface area contributed by atoms with Crippen LogP contribution in [0.1, 0.15) is 20.3 Å². The van der Waals surface area contributed by atoms with E-state index < -0.39 is 18.6 Å². The molecule has 90 valence electrons. The Morgan fingerprint density at radius 3 is 2.60 bits per heavy atom. The molecule has 0 aromatic carbocycles. The van der Waals surface area contributed by atoms with Crippen LogP contribution in [-0.4, -0.2) is 37.6 Å². The highest BCUT2D eigenvalue weighted by molar-refractivity contribution is 5.76. The zero-order chi connectivity index (χ0) is 11.9. The third kappa shape index (κ3) is 8.26. The Labute approximate surface area is 88.2 Å². The second-order valence-corrected chi connectivity index (χ2v) is 3.85. The molecule has 0 saturated heterocycles. The fourth-order valence-electron chi connectivity index (χ4n) is 0.828. The number of ether oxygens (including phenoxy) is 1. The molecule has 0 saturated carbocycles. The molecule has 0 aromatic heterocycles. The normalized spacial score (nSPS) is 11.9. The van der Waals surface area contributed by atoms with Crippen LogP contribution in [0, 0.1) is 0 Å². The van der Waals surface area contributed by atoms with Crippen LogP contribution >= 0.6 is 0 Å². The van der Waals surface area contributed by atoms with Crippen molar-refractivity contribution in [2.24, 2.45) is 5.73 Å². The lowest BCUT2D eigenvalue weighted by Gasteiger charge is -2.24. The topological polar surface area (TPSA) is 64.3 Å². The molecule has 15 heavy (non-hydrogen) atoms. The van der Waals surface area contributed by atoms with Gasteiger partial charge >= 0.3 is 0 Å². The third-order valence-corrected chi connectivity index (χ3v) is 1.71. The van der Waals surface area contributed by atoms with E-state index in [0.717, 1.165) is 0 Å². The van der Waals surface area contributed by atoms with Gasteiger partial charge in [0, 0.05) is 18.5 Å². The van der Waals surface area contributed by atoms with Crippen molar-refractivity contribution in [3.8, 4) is 0 Å². The van der Waals surface area contributed by atoms with E-state index in [1.165, 1.54) is 0 Å². The van der Waals surface area contributed by atoms with Crippen molar-refractivity contribution in [3.05, 3.63) is 0 Å². The molecular weight excluding hydrogens is 206 g/mol. The van der Waals surface area contributed by atoms with Gasteiger partial charge in [0.15, 0.2) is 0 Å². The summed E-state index contributed by atoms with van der Waals surface area (Å²) in [4.78, 5) is 11.2. The van der Waals surface area contributed by atoms with E-state index in [2.05, 4.69) is 10.1 Å². The van der Waals surface area contributed by atoms with Gasteiger partial charge in [0.1, 0.15) is 6.61 Å². The van der Waals surface area contributed by atoms with Crippen molar-refractivity contribution in [2.45, 2.75) is 32.2 Å². The average Bonchev–Trinajstić information content (AvgIpc) is 2.11. The smallest absolute Gasteiger partial charge is 0.261 e. The molecule has 0 aliphatic rings. The van der Waals surface area contributed by atoms with Crippen LogP contribution in [0.25, 0.3) is 0 Å². The summed E-state index contributed by atoms with van der Waals surface area (Å²) in [7, 11) is 0. The zero-order valence-electron chi connectivity index (χ0n) is 9.06. The largest absolute Gasteiger partial charge is 0.375 e. The Morgan fingerprint density at radius 1 is 1.53 bits per heavy atom. The maximum atomic E-state index is 11.6. The summed E-state index contributed by atoms with van der Waals surface area (Å²) in [6.45, 7) is 3.25. The molecule has 0 aromatic rings. The van der Waals surface area contributed by atoms with Crippen LogP contribution < -0.4 is 11.1 Å². The van der Waals surface area contributed by atoms with Gasteiger partial charge in [-0.25, -0.2) is 8.78 Å². The number of rotatable bonds is 7. The second-order valence-electron chi connectivity index (χ2n) is 3.85. The number of amides is 1. The number of nitrogens with two attached hydrogens (primary N) is 1. The SMILES string of the molecule is CC(C)(CN)NC(=O)CCOCC(F)F. The predicted octanol–water partition coefficient (Wildman–Crippen LogP) is 0.512. The number of carbonyl (C=O) groups is 1. The predicted molar refractivity (Wildman–Crippen MR) is 52.7 cm³/mol. The van der Waals surface area contributed by atoms with Gasteiger partial charge in [-0.05, 0) is 13.8 Å². The summed E-state index contributed by atoms with van der Waals surface area (Å²) in [5, 5.41) is 2.66. The van der Waals surface area contributed by atoms with E-state index in [-0.39, 0.29) is 18.9 Å². The maximum Gasteiger partial charge on any atom is 0.261 e. The van der Waals surface area contributed by atoms with Gasteiger partial charge in [-0.1, -0.05) is 0 Å². The highest BCUT2D eigenvalue weighted by Crippen LogP contribution is 1.99. The number of alkyl halides is 2. The molecule has 0 unspecified atom stereocenters. The highest BCUT2D eigenvalue weighted by Gasteiger charge is 2.17. The molecular formula is C9H18F2N2O2. The van der Waals surface area contributed by atoms with Crippen LogP contribution in [0.3, 0.4) is 0 Å². The van der Waals surface area contributed by atoms with Crippen molar-refractivity contribution in [2.75, 3.05) is 19.8 Å². The lowest BCUT2D eigenvalue weighted by molar-refractivity contribution is -0.124. The monoisotopic (exact) mass is 224 g/mol. The summed E-state index contributed by atoms with van der Waals surface area (Å²) in [6.07, 6.45) is -2.43. The molecule has 4 nitrogen and oxygen atoms in total. The van der Waals surface area contributed by atoms with Crippen molar-refractivity contribution in [3.63, 3.8) is 0 Å². The molecule has 3 N–H and O–H groups in total. The first-order chi connectivity index (χ1) is 6.87. The van der Waals surface area contributed by atoms with Gasteiger partial charge in [0.05, 0.1) is 6.61 Å². The van der Waals surface area contributed by atoms with Gasteiger partial charge in [-0.3, -0.25) is 4.79 Å². The van der Waals surface area contributed by atoms with Gasteiger partial charge in [-0.15, -0.1) is 0 Å². The molecule has 0 radical (unpaired) electrons. The molecule has 0 spiro atoms. The summed E-state index contributed by atoms with van der Waals surface area (Å²) < 4.78 is 27.9. The molecule has 1 amide bonds. The Hall–Kier alpha value is -0.750. The number of nitrogens with one attached hydrogen (secondary N) is 1. The van der Waals surface area contributed by atoms with Crippen LogP contribution in [0.4, 0.5) is 8.78 Å².